The molecule has 0 saturated heterocycles. The lowest BCUT2D eigenvalue weighted by atomic mass is 10.0. The number of rotatable bonds is 6. The van der Waals surface area contributed by atoms with Gasteiger partial charge in [-0.05, 0) is 24.4 Å². The molecule has 0 unspecified atom stereocenters. The van der Waals surface area contributed by atoms with E-state index in [2.05, 4.69) is 28.5 Å². The highest BCUT2D eigenvalue weighted by molar-refractivity contribution is 6.11. The summed E-state index contributed by atoms with van der Waals surface area (Å²) in [6.07, 6.45) is 1.71. The Bertz CT molecular complexity index is 877. The van der Waals surface area contributed by atoms with E-state index in [0.29, 0.717) is 25.3 Å². The van der Waals surface area contributed by atoms with Gasteiger partial charge in [0.25, 0.3) is 0 Å². The second kappa shape index (κ2) is 7.27. The normalized spacial score (nSPS) is 10.9. The summed E-state index contributed by atoms with van der Waals surface area (Å²) in [4.78, 5) is 15.6. The van der Waals surface area contributed by atoms with Crippen molar-refractivity contribution in [1.82, 2.24) is 0 Å². The summed E-state index contributed by atoms with van der Waals surface area (Å²) in [7, 11) is 1.65. The van der Waals surface area contributed by atoms with Crippen molar-refractivity contribution in [3.8, 4) is 0 Å². The lowest BCUT2D eigenvalue weighted by Gasteiger charge is -2.12. The topological polar surface area (TPSA) is 61.7 Å². The first-order valence-electron chi connectivity index (χ1n) is 8.02. The fourth-order valence-corrected chi connectivity index (χ4v) is 2.84. The maximum atomic E-state index is 12.3. The molecule has 0 aliphatic rings. The molecule has 124 valence electrons. The molecule has 3 aromatic rings. The van der Waals surface area contributed by atoms with E-state index in [4.69, 9.17) is 9.47 Å². The highest BCUT2D eigenvalue weighted by Crippen LogP contribution is 2.29. The van der Waals surface area contributed by atoms with Crippen LogP contribution in [0.15, 0.2) is 42.6 Å². The SMILES string of the molecule is CCOC(=O)c1c[nH+]c2c(ccc3ccccc32)c1NCCOC. The molecule has 1 heterocycles. The Balaban J connectivity index is 2.19. The van der Waals surface area contributed by atoms with Crippen LogP contribution in [0.25, 0.3) is 21.7 Å². The number of ether oxygens (including phenoxy) is 2. The first-order chi connectivity index (χ1) is 11.8. The van der Waals surface area contributed by atoms with Crippen LogP contribution in [0.1, 0.15) is 17.3 Å². The van der Waals surface area contributed by atoms with Gasteiger partial charge in [-0.1, -0.05) is 24.3 Å². The summed E-state index contributed by atoms with van der Waals surface area (Å²) in [5.74, 6) is -0.344. The number of benzene rings is 2. The highest BCUT2D eigenvalue weighted by atomic mass is 16.5. The number of carbonyl (C=O) groups excluding carboxylic acids is 1. The van der Waals surface area contributed by atoms with Crippen LogP contribution in [0, 0.1) is 0 Å². The average molecular weight is 325 g/mol. The first kappa shape index (κ1) is 16.2. The minimum Gasteiger partial charge on any atom is -0.462 e. The van der Waals surface area contributed by atoms with E-state index in [1.807, 2.05) is 18.2 Å². The lowest BCUT2D eigenvalue weighted by Crippen LogP contribution is -2.18. The first-order valence-corrected chi connectivity index (χ1v) is 8.02. The van der Waals surface area contributed by atoms with E-state index in [1.54, 1.807) is 20.2 Å². The van der Waals surface area contributed by atoms with Crippen LogP contribution in [-0.4, -0.2) is 32.8 Å². The van der Waals surface area contributed by atoms with Crippen molar-refractivity contribution in [2.24, 2.45) is 0 Å². The largest absolute Gasteiger partial charge is 0.462 e. The van der Waals surface area contributed by atoms with Gasteiger partial charge < -0.3 is 14.8 Å². The Morgan fingerprint density at radius 3 is 2.79 bits per heavy atom. The molecule has 0 radical (unpaired) electrons. The van der Waals surface area contributed by atoms with Gasteiger partial charge in [-0.15, -0.1) is 0 Å². The van der Waals surface area contributed by atoms with Crippen molar-refractivity contribution >= 4 is 33.3 Å². The number of anilines is 1. The van der Waals surface area contributed by atoms with Crippen LogP contribution < -0.4 is 10.3 Å². The molecule has 0 saturated carbocycles. The lowest BCUT2D eigenvalue weighted by molar-refractivity contribution is -0.343. The molecule has 0 bridgehead atoms. The zero-order chi connectivity index (χ0) is 16.9. The number of esters is 1. The standard InChI is InChI=1S/C19H20N2O3/c1-3-24-19(22)16-12-21-17-14-7-5-4-6-13(14)8-9-15(17)18(16)20-10-11-23-2/h4-9,12H,3,10-11H2,1-2H3,(H,20,21)/p+1. The van der Waals surface area contributed by atoms with E-state index in [-0.39, 0.29) is 5.97 Å². The second-order valence-corrected chi connectivity index (χ2v) is 5.43. The number of fused-ring (bicyclic) bond motifs is 3. The van der Waals surface area contributed by atoms with Crippen molar-refractivity contribution in [2.45, 2.75) is 6.92 Å². The molecule has 0 aliphatic heterocycles. The number of hydrogen-bond donors (Lipinski definition) is 1. The third-order valence-electron chi connectivity index (χ3n) is 3.93. The molecule has 0 aliphatic carbocycles. The van der Waals surface area contributed by atoms with Crippen molar-refractivity contribution in [3.05, 3.63) is 48.2 Å². The maximum absolute atomic E-state index is 12.3. The number of aromatic amines is 1. The molecule has 3 rings (SSSR count). The fourth-order valence-electron chi connectivity index (χ4n) is 2.84. The Kier molecular flexibility index (Phi) is 4.91. The van der Waals surface area contributed by atoms with Crippen molar-refractivity contribution in [2.75, 3.05) is 32.2 Å². The number of aromatic nitrogens is 1. The summed E-state index contributed by atoms with van der Waals surface area (Å²) < 4.78 is 10.3. The molecular weight excluding hydrogens is 304 g/mol. The van der Waals surface area contributed by atoms with Crippen LogP contribution in [-0.2, 0) is 9.47 Å². The Morgan fingerprint density at radius 2 is 2.00 bits per heavy atom. The van der Waals surface area contributed by atoms with Gasteiger partial charge in [0.2, 0.25) is 5.52 Å². The van der Waals surface area contributed by atoms with E-state index < -0.39 is 0 Å². The predicted octanol–water partition coefficient (Wildman–Crippen LogP) is 3.04. The Hall–Kier alpha value is -2.66. The number of H-pyrrole nitrogens is 1. The van der Waals surface area contributed by atoms with Gasteiger partial charge in [0.1, 0.15) is 5.56 Å². The minimum atomic E-state index is -0.344. The fraction of sp³-hybridized carbons (Fsp3) is 0.263. The van der Waals surface area contributed by atoms with E-state index >= 15 is 0 Å². The van der Waals surface area contributed by atoms with Crippen molar-refractivity contribution in [3.63, 3.8) is 0 Å². The van der Waals surface area contributed by atoms with Crippen LogP contribution in [0.4, 0.5) is 5.69 Å². The molecule has 0 amide bonds. The monoisotopic (exact) mass is 325 g/mol. The molecule has 5 nitrogen and oxygen atoms in total. The number of methoxy groups -OCH3 is 1. The van der Waals surface area contributed by atoms with Crippen molar-refractivity contribution in [1.29, 1.82) is 0 Å². The smallest absolute Gasteiger partial charge is 0.346 e. The maximum Gasteiger partial charge on any atom is 0.346 e. The zero-order valence-corrected chi connectivity index (χ0v) is 13.9. The van der Waals surface area contributed by atoms with Crippen LogP contribution in [0.3, 0.4) is 0 Å². The van der Waals surface area contributed by atoms with Crippen LogP contribution in [0.2, 0.25) is 0 Å². The van der Waals surface area contributed by atoms with Gasteiger partial charge in [-0.2, -0.15) is 0 Å². The van der Waals surface area contributed by atoms with Gasteiger partial charge in [-0.25, -0.2) is 9.78 Å². The third kappa shape index (κ3) is 3.03. The highest BCUT2D eigenvalue weighted by Gasteiger charge is 2.21. The summed E-state index contributed by atoms with van der Waals surface area (Å²) in [6, 6.07) is 12.2. The number of hydrogen-bond acceptors (Lipinski definition) is 4. The zero-order valence-electron chi connectivity index (χ0n) is 13.9. The number of carbonyl (C=O) groups is 1. The number of pyridine rings is 1. The molecule has 0 spiro atoms. The molecule has 1 aromatic heterocycles. The summed E-state index contributed by atoms with van der Waals surface area (Å²) >= 11 is 0. The van der Waals surface area contributed by atoms with Gasteiger partial charge in [0.15, 0.2) is 6.20 Å². The summed E-state index contributed by atoms with van der Waals surface area (Å²) in [5.41, 5.74) is 2.25. The van der Waals surface area contributed by atoms with Gasteiger partial charge >= 0.3 is 5.97 Å². The Morgan fingerprint density at radius 1 is 1.17 bits per heavy atom. The predicted molar refractivity (Wildman–Crippen MR) is 94.3 cm³/mol. The summed E-state index contributed by atoms with van der Waals surface area (Å²) in [6.45, 7) is 3.30. The van der Waals surface area contributed by atoms with E-state index in [9.17, 15) is 4.79 Å². The van der Waals surface area contributed by atoms with E-state index in [1.165, 1.54) is 0 Å². The molecular formula is C19H21N2O3+. The second-order valence-electron chi connectivity index (χ2n) is 5.43. The van der Waals surface area contributed by atoms with Crippen LogP contribution >= 0.6 is 0 Å². The Labute approximate surface area is 140 Å². The molecule has 0 atom stereocenters. The van der Waals surface area contributed by atoms with Crippen LogP contribution in [0.5, 0.6) is 0 Å². The minimum absolute atomic E-state index is 0.339. The number of nitrogens with one attached hydrogen (secondary N) is 2. The molecule has 0 fully saturated rings. The summed E-state index contributed by atoms with van der Waals surface area (Å²) in [5, 5.41) is 6.53. The van der Waals surface area contributed by atoms with Gasteiger partial charge in [0, 0.05) is 13.7 Å². The van der Waals surface area contributed by atoms with Gasteiger partial charge in [-0.3, -0.25) is 0 Å². The third-order valence-corrected chi connectivity index (χ3v) is 3.93. The van der Waals surface area contributed by atoms with Crippen molar-refractivity contribution < 1.29 is 19.3 Å². The molecule has 24 heavy (non-hydrogen) atoms. The van der Waals surface area contributed by atoms with Gasteiger partial charge in [0.05, 0.1) is 29.7 Å². The molecule has 2 N–H and O–H groups in total. The molecule has 2 aromatic carbocycles. The molecule has 5 heteroatoms. The average Bonchev–Trinajstić information content (AvgIpc) is 2.61. The quantitative estimate of drug-likeness (QED) is 0.430. The van der Waals surface area contributed by atoms with E-state index in [0.717, 1.165) is 27.4 Å².